The molecule has 0 amide bonds. The molecular weight excluding hydrogens is 306 g/mol. The van der Waals surface area contributed by atoms with Crippen LogP contribution in [0.2, 0.25) is 0 Å². The van der Waals surface area contributed by atoms with Crippen molar-refractivity contribution in [3.63, 3.8) is 0 Å². The van der Waals surface area contributed by atoms with Crippen LogP contribution in [0.15, 0.2) is 0 Å². The molecule has 3 rings (SSSR count). The van der Waals surface area contributed by atoms with Crippen LogP contribution in [0.5, 0.6) is 0 Å². The molecule has 1 aromatic heterocycles. The number of aryl methyl sites for hydroxylation is 1. The Balaban J connectivity index is 1.57. The zero-order valence-electron chi connectivity index (χ0n) is 14.0. The molecule has 128 valence electrons. The Morgan fingerprint density at radius 2 is 1.61 bits per heavy atom. The van der Waals surface area contributed by atoms with Gasteiger partial charge in [-0.1, -0.05) is 56.0 Å². The number of H-pyrrole nitrogens is 1. The van der Waals surface area contributed by atoms with Crippen LogP contribution in [0.4, 0.5) is 0 Å². The van der Waals surface area contributed by atoms with Gasteiger partial charge in [-0.3, -0.25) is 0 Å². The van der Waals surface area contributed by atoms with Crippen LogP contribution in [-0.2, 0) is 6.42 Å². The fraction of sp³-hybridized carbons (Fsp3) is 0.882. The molecule has 1 N–H and O–H groups in total. The van der Waals surface area contributed by atoms with Crippen molar-refractivity contribution in [2.75, 3.05) is 0 Å². The number of nitrogens with one attached hydrogen (secondary N) is 1. The maximum absolute atomic E-state index is 5.89. The van der Waals surface area contributed by atoms with Gasteiger partial charge in [0.2, 0.25) is 0 Å². The molecule has 23 heavy (non-hydrogen) atoms. The number of hydrogen-bond donors (Lipinski definition) is 1. The molecule has 2 fully saturated rings. The third-order valence-corrected chi connectivity index (χ3v) is 5.82. The van der Waals surface area contributed by atoms with E-state index in [0.717, 1.165) is 25.1 Å². The van der Waals surface area contributed by atoms with Crippen molar-refractivity contribution in [1.82, 2.24) is 25.5 Å². The van der Waals surface area contributed by atoms with Crippen LogP contribution in [0.3, 0.4) is 0 Å². The van der Waals surface area contributed by atoms with Gasteiger partial charge in [0.05, 0.1) is 4.99 Å². The van der Waals surface area contributed by atoms with Crippen molar-refractivity contribution in [3.8, 4) is 0 Å². The molecule has 1 aromatic rings. The smallest absolute Gasteiger partial charge is 0.174 e. The van der Waals surface area contributed by atoms with Crippen LogP contribution in [0.1, 0.15) is 82.9 Å². The minimum absolute atomic E-state index is 0.699. The highest BCUT2D eigenvalue weighted by atomic mass is 32.1. The maximum atomic E-state index is 5.89. The molecule has 0 bridgehead atoms. The summed E-state index contributed by atoms with van der Waals surface area (Å²) in [7, 11) is 0. The number of rotatable bonds is 6. The summed E-state index contributed by atoms with van der Waals surface area (Å²) in [6.07, 6.45) is 16.5. The van der Waals surface area contributed by atoms with E-state index in [0.29, 0.717) is 12.1 Å². The van der Waals surface area contributed by atoms with E-state index in [1.54, 1.807) is 0 Å². The fourth-order valence-corrected chi connectivity index (χ4v) is 4.68. The molecule has 0 unspecified atom stereocenters. The molecule has 0 radical (unpaired) electrons. The second kappa shape index (κ2) is 8.71. The number of aromatic amines is 1. The first-order valence-corrected chi connectivity index (χ1v) is 9.79. The lowest BCUT2D eigenvalue weighted by Crippen LogP contribution is -2.48. The zero-order chi connectivity index (χ0) is 15.9. The normalized spacial score (nSPS) is 20.5. The largest absolute Gasteiger partial charge is 0.360 e. The third-order valence-electron chi connectivity index (χ3n) is 5.40. The van der Waals surface area contributed by atoms with Crippen LogP contribution < -0.4 is 0 Å². The lowest BCUT2D eigenvalue weighted by Gasteiger charge is -2.43. The average Bonchev–Trinajstić information content (AvgIpc) is 3.10. The molecular formula is C17H29N5S. The fourth-order valence-electron chi connectivity index (χ4n) is 4.24. The van der Waals surface area contributed by atoms with Crippen LogP contribution in [-0.4, -0.2) is 42.6 Å². The molecule has 1 heterocycles. The molecule has 5 nitrogen and oxygen atoms in total. The molecule has 2 saturated carbocycles. The first kappa shape index (κ1) is 16.8. The molecule has 0 spiro atoms. The Hall–Kier alpha value is -1.04. The van der Waals surface area contributed by atoms with E-state index < -0.39 is 0 Å². The predicted molar refractivity (Wildman–Crippen MR) is 95.3 cm³/mol. The van der Waals surface area contributed by atoms with Crippen molar-refractivity contribution in [1.29, 1.82) is 0 Å². The van der Waals surface area contributed by atoms with Crippen molar-refractivity contribution in [2.45, 2.75) is 95.6 Å². The van der Waals surface area contributed by atoms with Crippen molar-refractivity contribution in [2.24, 2.45) is 0 Å². The maximum Gasteiger partial charge on any atom is 0.174 e. The van der Waals surface area contributed by atoms with Crippen LogP contribution in [0.25, 0.3) is 0 Å². The minimum Gasteiger partial charge on any atom is -0.360 e. The molecule has 0 saturated heterocycles. The van der Waals surface area contributed by atoms with Gasteiger partial charge in [-0.2, -0.15) is 5.21 Å². The summed E-state index contributed by atoms with van der Waals surface area (Å²) in [6, 6.07) is 1.40. The molecule has 0 aromatic carbocycles. The topological polar surface area (TPSA) is 57.7 Å². The van der Waals surface area contributed by atoms with Crippen LogP contribution >= 0.6 is 12.2 Å². The summed E-state index contributed by atoms with van der Waals surface area (Å²) in [6.45, 7) is 0. The van der Waals surface area contributed by atoms with Crippen molar-refractivity contribution < 1.29 is 0 Å². The van der Waals surface area contributed by atoms with E-state index in [9.17, 15) is 0 Å². The zero-order valence-corrected chi connectivity index (χ0v) is 14.9. The number of nitrogens with zero attached hydrogens (tertiary/aromatic N) is 4. The summed E-state index contributed by atoms with van der Waals surface area (Å²) in [5.41, 5.74) is 0. The van der Waals surface area contributed by atoms with Gasteiger partial charge in [0, 0.05) is 18.5 Å². The van der Waals surface area contributed by atoms with Gasteiger partial charge in [-0.25, -0.2) is 0 Å². The number of tetrazole rings is 1. The third kappa shape index (κ3) is 4.72. The molecule has 2 aliphatic rings. The standard InChI is InChI=1S/C17H29N5S/c23-17(13-7-12-16-18-20-21-19-16)22(14-8-3-1-4-9-14)15-10-5-2-6-11-15/h14-15H,1-13H2,(H,18,19,20,21). The van der Waals surface area contributed by atoms with Gasteiger partial charge in [0.25, 0.3) is 0 Å². The van der Waals surface area contributed by atoms with E-state index in [-0.39, 0.29) is 0 Å². The van der Waals surface area contributed by atoms with Gasteiger partial charge in [-0.05, 0) is 38.5 Å². The minimum atomic E-state index is 0.699. The van der Waals surface area contributed by atoms with E-state index >= 15 is 0 Å². The van der Waals surface area contributed by atoms with Crippen LogP contribution in [0, 0.1) is 0 Å². The molecule has 0 aliphatic heterocycles. The highest BCUT2D eigenvalue weighted by molar-refractivity contribution is 7.80. The van der Waals surface area contributed by atoms with E-state index in [2.05, 4.69) is 25.5 Å². The average molecular weight is 336 g/mol. The van der Waals surface area contributed by atoms with E-state index in [1.807, 2.05) is 0 Å². The Labute approximate surface area is 144 Å². The number of thiocarbonyl (C=S) groups is 1. The Kier molecular flexibility index (Phi) is 6.37. The lowest BCUT2D eigenvalue weighted by molar-refractivity contribution is 0.157. The van der Waals surface area contributed by atoms with Gasteiger partial charge in [-0.15, -0.1) is 10.2 Å². The quantitative estimate of drug-likeness (QED) is 0.801. The number of aromatic nitrogens is 4. The van der Waals surface area contributed by atoms with Gasteiger partial charge in [0.15, 0.2) is 5.82 Å². The summed E-state index contributed by atoms with van der Waals surface area (Å²) in [4.78, 5) is 3.86. The summed E-state index contributed by atoms with van der Waals surface area (Å²) < 4.78 is 0. The van der Waals surface area contributed by atoms with Gasteiger partial charge in [0.1, 0.15) is 0 Å². The Bertz CT molecular complexity index is 445. The van der Waals surface area contributed by atoms with Gasteiger partial charge >= 0.3 is 0 Å². The summed E-state index contributed by atoms with van der Waals surface area (Å²) in [5, 5.41) is 14.2. The van der Waals surface area contributed by atoms with Crippen molar-refractivity contribution >= 4 is 17.2 Å². The summed E-state index contributed by atoms with van der Waals surface area (Å²) >= 11 is 5.89. The summed E-state index contributed by atoms with van der Waals surface area (Å²) in [5.74, 6) is 0.801. The lowest BCUT2D eigenvalue weighted by atomic mass is 9.88. The second-order valence-electron chi connectivity index (χ2n) is 7.07. The monoisotopic (exact) mass is 335 g/mol. The van der Waals surface area contributed by atoms with Gasteiger partial charge < -0.3 is 4.90 Å². The Morgan fingerprint density at radius 3 is 2.13 bits per heavy atom. The second-order valence-corrected chi connectivity index (χ2v) is 7.54. The first-order valence-electron chi connectivity index (χ1n) is 9.38. The predicted octanol–water partition coefficient (Wildman–Crippen LogP) is 3.82. The van der Waals surface area contributed by atoms with E-state index in [4.69, 9.17) is 12.2 Å². The van der Waals surface area contributed by atoms with Crippen molar-refractivity contribution in [3.05, 3.63) is 5.82 Å². The molecule has 0 atom stereocenters. The molecule has 2 aliphatic carbocycles. The molecule has 6 heteroatoms. The highest BCUT2D eigenvalue weighted by Gasteiger charge is 2.30. The van der Waals surface area contributed by atoms with E-state index in [1.165, 1.54) is 69.2 Å². The first-order chi connectivity index (χ1) is 11.3. The SMILES string of the molecule is S=C(CCCc1nn[nH]n1)N(C1CCCCC1)C1CCCCC1. The number of hydrogen-bond acceptors (Lipinski definition) is 4. The highest BCUT2D eigenvalue weighted by Crippen LogP contribution is 2.31. The Morgan fingerprint density at radius 1 is 1.00 bits per heavy atom.